The highest BCUT2D eigenvalue weighted by molar-refractivity contribution is 9.09. The fourth-order valence-corrected chi connectivity index (χ4v) is 2.76. The molecular formula is C9H19BrN2O4S. The van der Waals surface area contributed by atoms with Crippen LogP contribution in [0.2, 0.25) is 0 Å². The highest BCUT2D eigenvalue weighted by atomic mass is 79.9. The molecule has 0 aromatic rings. The van der Waals surface area contributed by atoms with Crippen molar-refractivity contribution >= 4 is 32.2 Å². The zero-order valence-corrected chi connectivity index (χ0v) is 12.6. The van der Waals surface area contributed by atoms with E-state index in [9.17, 15) is 13.2 Å². The Labute approximate surface area is 111 Å². The van der Waals surface area contributed by atoms with Gasteiger partial charge >= 0.3 is 16.3 Å². The Kier molecular flexibility index (Phi) is 7.73. The van der Waals surface area contributed by atoms with Crippen molar-refractivity contribution in [3.63, 3.8) is 0 Å². The molecule has 0 aliphatic rings. The first-order chi connectivity index (χ1) is 7.82. The third kappa shape index (κ3) is 7.56. The molecule has 0 heterocycles. The third-order valence-corrected chi connectivity index (χ3v) is 3.53. The van der Waals surface area contributed by atoms with Crippen molar-refractivity contribution in [1.82, 2.24) is 9.44 Å². The Hall–Kier alpha value is -0.340. The molecular weight excluding hydrogens is 312 g/mol. The number of hydrogen-bond donors (Lipinski definition) is 2. The summed E-state index contributed by atoms with van der Waals surface area (Å²) in [5.74, 6) is 0.131. The molecule has 1 unspecified atom stereocenters. The van der Waals surface area contributed by atoms with Gasteiger partial charge in [-0.2, -0.15) is 13.1 Å². The molecule has 2 N–H and O–H groups in total. The van der Waals surface area contributed by atoms with E-state index in [-0.39, 0.29) is 18.6 Å². The minimum atomic E-state index is -3.86. The molecule has 1 atom stereocenters. The summed E-state index contributed by atoms with van der Waals surface area (Å²) in [6.45, 7) is 5.53. The zero-order valence-electron chi connectivity index (χ0n) is 10.2. The maximum atomic E-state index is 11.6. The number of alkyl halides is 1. The maximum absolute atomic E-state index is 11.6. The van der Waals surface area contributed by atoms with Crippen LogP contribution in [-0.2, 0) is 14.9 Å². The van der Waals surface area contributed by atoms with E-state index in [1.165, 1.54) is 0 Å². The van der Waals surface area contributed by atoms with Crippen LogP contribution in [0.5, 0.6) is 0 Å². The van der Waals surface area contributed by atoms with Gasteiger partial charge in [0, 0.05) is 11.4 Å². The van der Waals surface area contributed by atoms with Crippen LogP contribution in [0.4, 0.5) is 4.79 Å². The van der Waals surface area contributed by atoms with Crippen molar-refractivity contribution in [2.45, 2.75) is 33.2 Å². The van der Waals surface area contributed by atoms with Gasteiger partial charge in [0.2, 0.25) is 0 Å². The summed E-state index contributed by atoms with van der Waals surface area (Å²) < 4.78 is 31.8. The van der Waals surface area contributed by atoms with Crippen LogP contribution in [0.3, 0.4) is 0 Å². The number of ether oxygens (including phenoxy) is 1. The quantitative estimate of drug-likeness (QED) is 0.690. The lowest BCUT2D eigenvalue weighted by Crippen LogP contribution is -2.47. The van der Waals surface area contributed by atoms with Gasteiger partial charge in [0.15, 0.2) is 0 Å². The van der Waals surface area contributed by atoms with Crippen LogP contribution in [0.15, 0.2) is 0 Å². The number of halogens is 1. The van der Waals surface area contributed by atoms with Crippen molar-refractivity contribution in [1.29, 1.82) is 0 Å². The van der Waals surface area contributed by atoms with E-state index in [2.05, 4.69) is 25.4 Å². The Morgan fingerprint density at radius 2 is 2.00 bits per heavy atom. The zero-order chi connectivity index (χ0) is 13.5. The van der Waals surface area contributed by atoms with Gasteiger partial charge in [-0.1, -0.05) is 29.8 Å². The highest BCUT2D eigenvalue weighted by Crippen LogP contribution is 2.08. The van der Waals surface area contributed by atoms with Crippen LogP contribution < -0.4 is 9.44 Å². The van der Waals surface area contributed by atoms with Crippen LogP contribution in [-0.4, -0.2) is 32.5 Å². The second-order valence-electron chi connectivity index (χ2n) is 3.77. The third-order valence-electron chi connectivity index (χ3n) is 2.02. The molecule has 0 aromatic carbocycles. The molecule has 0 radical (unpaired) electrons. The first-order valence-corrected chi connectivity index (χ1v) is 7.95. The van der Waals surface area contributed by atoms with Gasteiger partial charge in [0.25, 0.3) is 0 Å². The van der Waals surface area contributed by atoms with Gasteiger partial charge in [-0.3, -0.25) is 0 Å². The minimum Gasteiger partial charge on any atom is -0.449 e. The Balaban J connectivity index is 4.45. The van der Waals surface area contributed by atoms with Crippen LogP contribution in [0.1, 0.15) is 27.2 Å². The van der Waals surface area contributed by atoms with E-state index in [1.807, 2.05) is 13.8 Å². The van der Waals surface area contributed by atoms with Crippen molar-refractivity contribution < 1.29 is 17.9 Å². The van der Waals surface area contributed by atoms with E-state index in [4.69, 9.17) is 0 Å². The lowest BCUT2D eigenvalue weighted by Gasteiger charge is -2.21. The molecule has 1 amide bonds. The Morgan fingerprint density at radius 3 is 2.41 bits per heavy atom. The first-order valence-electron chi connectivity index (χ1n) is 5.35. The molecule has 17 heavy (non-hydrogen) atoms. The lowest BCUT2D eigenvalue weighted by atomic mass is 10.0. The largest absolute Gasteiger partial charge is 0.449 e. The minimum absolute atomic E-state index is 0.121. The summed E-state index contributed by atoms with van der Waals surface area (Å²) in [7, 11) is -3.86. The van der Waals surface area contributed by atoms with E-state index >= 15 is 0 Å². The molecule has 0 bridgehead atoms. The second kappa shape index (κ2) is 7.88. The van der Waals surface area contributed by atoms with Crippen LogP contribution >= 0.6 is 15.9 Å². The average Bonchev–Trinajstić information content (AvgIpc) is 2.15. The second-order valence-corrected chi connectivity index (χ2v) is 6.01. The SMILES string of the molecule is CCOC(=O)NS(=O)(=O)NC(CCBr)C(C)C. The van der Waals surface area contributed by atoms with E-state index in [0.29, 0.717) is 11.8 Å². The number of carbonyl (C=O) groups is 1. The topological polar surface area (TPSA) is 84.5 Å². The smallest absolute Gasteiger partial charge is 0.421 e. The van der Waals surface area contributed by atoms with E-state index < -0.39 is 16.3 Å². The Bertz CT molecular complexity index is 332. The average molecular weight is 331 g/mol. The number of nitrogens with one attached hydrogen (secondary N) is 2. The summed E-state index contributed by atoms with van der Waals surface area (Å²) in [5, 5.41) is 0.678. The van der Waals surface area contributed by atoms with Gasteiger partial charge in [-0.05, 0) is 19.3 Å². The molecule has 6 nitrogen and oxygen atoms in total. The molecule has 0 fully saturated rings. The van der Waals surface area contributed by atoms with Crippen LogP contribution in [0.25, 0.3) is 0 Å². The van der Waals surface area contributed by atoms with Gasteiger partial charge in [0.05, 0.1) is 6.61 Å². The molecule has 0 aromatic heterocycles. The highest BCUT2D eigenvalue weighted by Gasteiger charge is 2.22. The standard InChI is InChI=1S/C9H19BrN2O4S/c1-4-16-9(13)12-17(14,15)11-8(5-6-10)7(2)3/h7-8,11H,4-6H2,1-3H3,(H,12,13). The van der Waals surface area contributed by atoms with Crippen molar-refractivity contribution in [2.75, 3.05) is 11.9 Å². The fourth-order valence-electron chi connectivity index (χ4n) is 1.14. The molecule has 102 valence electrons. The van der Waals surface area contributed by atoms with Crippen molar-refractivity contribution in [3.8, 4) is 0 Å². The van der Waals surface area contributed by atoms with E-state index in [1.54, 1.807) is 11.6 Å². The molecule has 0 aliphatic carbocycles. The van der Waals surface area contributed by atoms with Crippen molar-refractivity contribution in [2.24, 2.45) is 5.92 Å². The number of carbonyl (C=O) groups excluding carboxylic acids is 1. The molecule has 0 saturated carbocycles. The Morgan fingerprint density at radius 1 is 1.41 bits per heavy atom. The monoisotopic (exact) mass is 330 g/mol. The fraction of sp³-hybridized carbons (Fsp3) is 0.889. The summed E-state index contributed by atoms with van der Waals surface area (Å²) in [4.78, 5) is 11.0. The predicted octanol–water partition coefficient (Wildman–Crippen LogP) is 1.38. The number of rotatable bonds is 7. The predicted molar refractivity (Wildman–Crippen MR) is 69.3 cm³/mol. The molecule has 0 saturated heterocycles. The summed E-state index contributed by atoms with van der Waals surface area (Å²) in [5.41, 5.74) is 0. The summed E-state index contributed by atoms with van der Waals surface area (Å²) in [6, 6.07) is -0.235. The maximum Gasteiger partial charge on any atom is 0.421 e. The number of hydrogen-bond acceptors (Lipinski definition) is 4. The number of amides is 1. The van der Waals surface area contributed by atoms with E-state index in [0.717, 1.165) is 0 Å². The summed E-state index contributed by atoms with van der Waals surface area (Å²) in [6.07, 6.45) is -0.331. The van der Waals surface area contributed by atoms with Crippen LogP contribution in [0, 0.1) is 5.92 Å². The molecule has 8 heteroatoms. The molecule has 0 rings (SSSR count). The van der Waals surface area contributed by atoms with Gasteiger partial charge in [-0.25, -0.2) is 9.52 Å². The van der Waals surface area contributed by atoms with Gasteiger partial charge in [-0.15, -0.1) is 0 Å². The van der Waals surface area contributed by atoms with Gasteiger partial charge < -0.3 is 4.74 Å². The van der Waals surface area contributed by atoms with Crippen molar-refractivity contribution in [3.05, 3.63) is 0 Å². The summed E-state index contributed by atoms with van der Waals surface area (Å²) >= 11 is 3.25. The molecule has 0 aliphatic heterocycles. The first kappa shape index (κ1) is 16.7. The lowest BCUT2D eigenvalue weighted by molar-refractivity contribution is 0.158. The molecule has 0 spiro atoms. The van der Waals surface area contributed by atoms with Gasteiger partial charge in [0.1, 0.15) is 0 Å². The normalized spacial score (nSPS) is 13.5.